The Morgan fingerprint density at radius 1 is 1.00 bits per heavy atom. The van der Waals surface area contributed by atoms with E-state index in [0.717, 1.165) is 32.7 Å². The van der Waals surface area contributed by atoms with Gasteiger partial charge in [-0.15, -0.1) is 11.3 Å². The van der Waals surface area contributed by atoms with E-state index in [1.165, 1.54) is 41.7 Å². The fourth-order valence-corrected chi connectivity index (χ4v) is 5.97. The monoisotopic (exact) mass is 566 g/mol. The van der Waals surface area contributed by atoms with Crippen molar-refractivity contribution < 1.29 is 27.6 Å². The summed E-state index contributed by atoms with van der Waals surface area (Å²) in [5, 5.41) is 7.07. The molecular formula is C29H25F3N4O3S. The van der Waals surface area contributed by atoms with Crippen molar-refractivity contribution in [1.82, 2.24) is 20.0 Å². The smallest absolute Gasteiger partial charge is 0.346 e. The molecule has 3 amide bonds. The van der Waals surface area contributed by atoms with Crippen molar-refractivity contribution in [3.8, 4) is 11.3 Å². The van der Waals surface area contributed by atoms with Gasteiger partial charge in [0.1, 0.15) is 0 Å². The molecule has 2 aromatic carbocycles. The molecule has 1 N–H and O–H groups in total. The summed E-state index contributed by atoms with van der Waals surface area (Å²) >= 11 is 1.25. The molecule has 3 heterocycles. The zero-order valence-corrected chi connectivity index (χ0v) is 22.7. The number of thiophene rings is 1. The molecule has 1 atom stereocenters. The summed E-state index contributed by atoms with van der Waals surface area (Å²) in [6.07, 6.45) is -3.13. The molecule has 7 nitrogen and oxygen atoms in total. The van der Waals surface area contributed by atoms with Gasteiger partial charge in [-0.1, -0.05) is 30.3 Å². The van der Waals surface area contributed by atoms with Gasteiger partial charge in [0.25, 0.3) is 17.7 Å². The second-order valence-corrected chi connectivity index (χ2v) is 10.9. The number of nitrogens with one attached hydrogen (secondary N) is 1. The molecule has 1 aliphatic heterocycles. The van der Waals surface area contributed by atoms with Crippen LogP contribution in [0, 0.1) is 13.8 Å². The van der Waals surface area contributed by atoms with Crippen molar-refractivity contribution in [3.63, 3.8) is 0 Å². The highest BCUT2D eigenvalue weighted by Gasteiger charge is 2.38. The number of amides is 3. The van der Waals surface area contributed by atoms with Crippen molar-refractivity contribution in [3.05, 3.63) is 98.4 Å². The van der Waals surface area contributed by atoms with Gasteiger partial charge in [-0.25, -0.2) is 0 Å². The zero-order valence-electron chi connectivity index (χ0n) is 21.9. The van der Waals surface area contributed by atoms with E-state index in [4.69, 9.17) is 0 Å². The molecule has 0 fully saturated rings. The highest BCUT2D eigenvalue weighted by atomic mass is 32.1. The Morgan fingerprint density at radius 3 is 2.23 bits per heavy atom. The maximum Gasteiger partial charge on any atom is 0.416 e. The molecule has 0 bridgehead atoms. The average molecular weight is 567 g/mol. The predicted octanol–water partition coefficient (Wildman–Crippen LogP) is 5.42. The first-order chi connectivity index (χ1) is 19.0. The van der Waals surface area contributed by atoms with E-state index in [0.29, 0.717) is 4.88 Å². The van der Waals surface area contributed by atoms with Crippen molar-refractivity contribution in [2.45, 2.75) is 32.5 Å². The largest absolute Gasteiger partial charge is 0.416 e. The van der Waals surface area contributed by atoms with Crippen molar-refractivity contribution >= 4 is 29.1 Å². The normalized spacial score (nSPS) is 14.0. The van der Waals surface area contributed by atoms with Gasteiger partial charge in [0.2, 0.25) is 0 Å². The second-order valence-electron chi connectivity index (χ2n) is 9.68. The Hall–Kier alpha value is -4.25. The highest BCUT2D eigenvalue weighted by Crippen LogP contribution is 2.34. The maximum absolute atomic E-state index is 13.8. The molecule has 0 radical (unpaired) electrons. The van der Waals surface area contributed by atoms with Crippen LogP contribution < -0.4 is 5.32 Å². The number of halogens is 3. The number of hydrogen-bond donors (Lipinski definition) is 1. The van der Waals surface area contributed by atoms with Crippen molar-refractivity contribution in [2.24, 2.45) is 7.05 Å². The number of carbonyl (C=O) groups excluding carboxylic acids is 3. The minimum absolute atomic E-state index is 0.0505. The van der Waals surface area contributed by atoms with Crippen LogP contribution >= 0.6 is 11.3 Å². The van der Waals surface area contributed by atoms with E-state index in [2.05, 4.69) is 10.4 Å². The standard InChI is InChI=1S/C29H25F3N4O3S/c1-16-14-33-35(3)25(16)22-13-24(40-17(22)2)26(37)34-19(12-18-8-4-7-11-23(18)29(30,31)32)15-36-27(38)20-9-5-6-10-21(20)28(36)39/h4-11,13-14,19H,12,15H2,1-3H3,(H,34,37). The van der Waals surface area contributed by atoms with Gasteiger partial charge >= 0.3 is 6.18 Å². The fraction of sp³-hybridized carbons (Fsp3) is 0.241. The van der Waals surface area contributed by atoms with Crippen LogP contribution in [0.25, 0.3) is 11.3 Å². The summed E-state index contributed by atoms with van der Waals surface area (Å²) in [5.74, 6) is -1.61. The Kier molecular flexibility index (Phi) is 7.09. The lowest BCUT2D eigenvalue weighted by Crippen LogP contribution is -2.47. The third kappa shape index (κ3) is 5.04. The van der Waals surface area contributed by atoms with Crippen LogP contribution in [-0.2, 0) is 19.6 Å². The molecule has 206 valence electrons. The molecule has 0 saturated carbocycles. The quantitative estimate of drug-likeness (QED) is 0.303. The third-order valence-electron chi connectivity index (χ3n) is 6.92. The predicted molar refractivity (Wildman–Crippen MR) is 144 cm³/mol. The summed E-state index contributed by atoms with van der Waals surface area (Å²) in [6, 6.07) is 12.1. The molecule has 0 aliphatic carbocycles. The van der Waals surface area contributed by atoms with Crippen LogP contribution in [0.2, 0.25) is 0 Å². The second kappa shape index (κ2) is 10.4. The average Bonchev–Trinajstić information content (AvgIpc) is 3.53. The van der Waals surface area contributed by atoms with E-state index >= 15 is 0 Å². The molecule has 11 heteroatoms. The van der Waals surface area contributed by atoms with Gasteiger partial charge in [-0.3, -0.25) is 24.0 Å². The molecule has 1 aliphatic rings. The topological polar surface area (TPSA) is 84.3 Å². The Labute approximate surface area is 232 Å². The molecule has 0 spiro atoms. The van der Waals surface area contributed by atoms with E-state index < -0.39 is 35.5 Å². The van der Waals surface area contributed by atoms with Crippen LogP contribution in [-0.4, -0.2) is 45.0 Å². The Balaban J connectivity index is 1.46. The van der Waals surface area contributed by atoms with Crippen LogP contribution in [0.5, 0.6) is 0 Å². The van der Waals surface area contributed by atoms with E-state index in [-0.39, 0.29) is 29.7 Å². The minimum atomic E-state index is -4.61. The molecule has 0 saturated heterocycles. The lowest BCUT2D eigenvalue weighted by atomic mass is 9.99. The van der Waals surface area contributed by atoms with Crippen molar-refractivity contribution in [2.75, 3.05) is 6.54 Å². The number of fused-ring (bicyclic) bond motifs is 1. The minimum Gasteiger partial charge on any atom is -0.346 e. The number of benzene rings is 2. The number of rotatable bonds is 7. The number of alkyl halides is 3. The van der Waals surface area contributed by atoms with E-state index in [1.54, 1.807) is 36.1 Å². The summed E-state index contributed by atoms with van der Waals surface area (Å²) in [5.41, 5.74) is 2.17. The Morgan fingerprint density at radius 2 is 1.62 bits per heavy atom. The molecule has 2 aromatic heterocycles. The number of carbonyl (C=O) groups is 3. The zero-order chi connectivity index (χ0) is 28.8. The first-order valence-corrected chi connectivity index (χ1v) is 13.3. The Bertz CT molecular complexity index is 1580. The lowest BCUT2D eigenvalue weighted by Gasteiger charge is -2.25. The maximum atomic E-state index is 13.8. The molecule has 4 aromatic rings. The first-order valence-electron chi connectivity index (χ1n) is 12.5. The summed E-state index contributed by atoms with van der Waals surface area (Å²) in [6.45, 7) is 3.50. The van der Waals surface area contributed by atoms with Crippen LogP contribution in [0.15, 0.2) is 60.8 Å². The van der Waals surface area contributed by atoms with Gasteiger partial charge in [-0.05, 0) is 55.7 Å². The third-order valence-corrected chi connectivity index (χ3v) is 7.97. The number of hydrogen-bond acceptors (Lipinski definition) is 5. The van der Waals surface area contributed by atoms with Crippen molar-refractivity contribution in [1.29, 1.82) is 0 Å². The summed E-state index contributed by atoms with van der Waals surface area (Å²) < 4.78 is 43.0. The summed E-state index contributed by atoms with van der Waals surface area (Å²) in [4.78, 5) is 41.7. The van der Waals surface area contributed by atoms with Gasteiger partial charge in [0.15, 0.2) is 0 Å². The van der Waals surface area contributed by atoms with Crippen LogP contribution in [0.1, 0.15) is 52.0 Å². The number of aromatic nitrogens is 2. The molecule has 5 rings (SSSR count). The van der Waals surface area contributed by atoms with E-state index in [9.17, 15) is 27.6 Å². The molecular weight excluding hydrogens is 541 g/mol. The van der Waals surface area contributed by atoms with Gasteiger partial charge < -0.3 is 5.32 Å². The summed E-state index contributed by atoms with van der Waals surface area (Å²) in [7, 11) is 1.80. The highest BCUT2D eigenvalue weighted by molar-refractivity contribution is 7.14. The molecule has 1 unspecified atom stereocenters. The van der Waals surface area contributed by atoms with Gasteiger partial charge in [0.05, 0.1) is 39.5 Å². The number of nitrogens with zero attached hydrogens (tertiary/aromatic N) is 3. The van der Waals surface area contributed by atoms with Crippen LogP contribution in [0.4, 0.5) is 13.2 Å². The fourth-order valence-electron chi connectivity index (χ4n) is 5.05. The van der Waals surface area contributed by atoms with E-state index in [1.807, 2.05) is 13.8 Å². The SMILES string of the molecule is Cc1cnn(C)c1-c1cc(C(=O)NC(Cc2ccccc2C(F)(F)F)CN2C(=O)c3ccccc3C2=O)sc1C. The van der Waals surface area contributed by atoms with Gasteiger partial charge in [-0.2, -0.15) is 18.3 Å². The first kappa shape index (κ1) is 27.3. The number of imide groups is 1. The van der Waals surface area contributed by atoms with Crippen LogP contribution in [0.3, 0.4) is 0 Å². The molecule has 40 heavy (non-hydrogen) atoms. The number of aryl methyl sites for hydroxylation is 3. The van der Waals surface area contributed by atoms with Gasteiger partial charge in [0, 0.05) is 24.0 Å². The lowest BCUT2D eigenvalue weighted by molar-refractivity contribution is -0.138.